The fraction of sp³-hybridized carbons (Fsp3) is 0.500. The van der Waals surface area contributed by atoms with Crippen LogP contribution in [0, 0.1) is 0 Å². The largest absolute Gasteiger partial charge is 0.453 e. The third-order valence-electron chi connectivity index (χ3n) is 2.97. The van der Waals surface area contributed by atoms with Crippen molar-refractivity contribution in [3.63, 3.8) is 0 Å². The lowest BCUT2D eigenvalue weighted by molar-refractivity contribution is 0.187. The number of amides is 1. The van der Waals surface area contributed by atoms with Crippen LogP contribution in [0.15, 0.2) is 29.3 Å². The number of ether oxygens (including phenoxy) is 1. The van der Waals surface area contributed by atoms with Gasteiger partial charge >= 0.3 is 6.09 Å². The monoisotopic (exact) mass is 306 g/mol. The Balaban J connectivity index is 2.55. The average molecular weight is 306 g/mol. The summed E-state index contributed by atoms with van der Waals surface area (Å²) in [7, 11) is 1.34. The third-order valence-corrected chi connectivity index (χ3v) is 2.97. The number of hydrogen-bond acceptors (Lipinski definition) is 3. The SMILES string of the molecule is CCCCNC(=NCc1ccc(NC(=O)OC)cc1)NCC. The van der Waals surface area contributed by atoms with Crippen LogP contribution in [0.25, 0.3) is 0 Å². The highest BCUT2D eigenvalue weighted by molar-refractivity contribution is 5.84. The Morgan fingerprint density at radius 1 is 1.18 bits per heavy atom. The summed E-state index contributed by atoms with van der Waals surface area (Å²) in [5.74, 6) is 0.827. The van der Waals surface area contributed by atoms with Gasteiger partial charge in [-0.3, -0.25) is 5.32 Å². The summed E-state index contributed by atoms with van der Waals surface area (Å²) in [5.41, 5.74) is 1.77. The minimum atomic E-state index is -0.472. The zero-order valence-electron chi connectivity index (χ0n) is 13.6. The summed E-state index contributed by atoms with van der Waals surface area (Å²) in [5, 5.41) is 9.14. The highest BCUT2D eigenvalue weighted by atomic mass is 16.5. The lowest BCUT2D eigenvalue weighted by Crippen LogP contribution is -2.37. The van der Waals surface area contributed by atoms with Crippen molar-refractivity contribution in [3.05, 3.63) is 29.8 Å². The molecule has 0 spiro atoms. The summed E-state index contributed by atoms with van der Waals surface area (Å²) in [6, 6.07) is 7.53. The van der Waals surface area contributed by atoms with Gasteiger partial charge in [0.15, 0.2) is 5.96 Å². The number of nitrogens with zero attached hydrogens (tertiary/aromatic N) is 1. The first kappa shape index (κ1) is 17.8. The molecule has 0 radical (unpaired) electrons. The molecule has 0 saturated heterocycles. The Hall–Kier alpha value is -2.24. The fourth-order valence-corrected chi connectivity index (χ4v) is 1.76. The van der Waals surface area contributed by atoms with E-state index < -0.39 is 6.09 Å². The Kier molecular flexibility index (Phi) is 8.49. The number of hydrogen-bond donors (Lipinski definition) is 3. The van der Waals surface area contributed by atoms with E-state index in [9.17, 15) is 4.79 Å². The smallest absolute Gasteiger partial charge is 0.411 e. The van der Waals surface area contributed by atoms with Gasteiger partial charge in [0.25, 0.3) is 0 Å². The lowest BCUT2D eigenvalue weighted by atomic mass is 10.2. The number of anilines is 1. The lowest BCUT2D eigenvalue weighted by Gasteiger charge is -2.11. The van der Waals surface area contributed by atoms with Crippen LogP contribution in [0.5, 0.6) is 0 Å². The van der Waals surface area contributed by atoms with E-state index in [1.165, 1.54) is 7.11 Å². The van der Waals surface area contributed by atoms with Crippen LogP contribution < -0.4 is 16.0 Å². The number of benzene rings is 1. The van der Waals surface area contributed by atoms with Crippen LogP contribution in [-0.4, -0.2) is 32.3 Å². The second kappa shape index (κ2) is 10.5. The van der Waals surface area contributed by atoms with E-state index in [1.54, 1.807) is 0 Å². The molecule has 22 heavy (non-hydrogen) atoms. The van der Waals surface area contributed by atoms with Crippen molar-refractivity contribution < 1.29 is 9.53 Å². The van der Waals surface area contributed by atoms with Crippen LogP contribution >= 0.6 is 0 Å². The van der Waals surface area contributed by atoms with E-state index in [0.717, 1.165) is 37.5 Å². The van der Waals surface area contributed by atoms with Gasteiger partial charge in [0.2, 0.25) is 0 Å². The molecule has 0 atom stereocenters. The molecule has 0 aliphatic carbocycles. The van der Waals surface area contributed by atoms with E-state index in [4.69, 9.17) is 0 Å². The Labute approximate surface area is 132 Å². The van der Waals surface area contributed by atoms with Crippen molar-refractivity contribution in [2.24, 2.45) is 4.99 Å². The number of nitrogens with one attached hydrogen (secondary N) is 3. The molecule has 1 aromatic carbocycles. The zero-order valence-corrected chi connectivity index (χ0v) is 13.6. The number of rotatable bonds is 7. The summed E-state index contributed by atoms with van der Waals surface area (Å²) in [6.45, 7) is 6.55. The van der Waals surface area contributed by atoms with Crippen molar-refractivity contribution in [2.75, 3.05) is 25.5 Å². The summed E-state index contributed by atoms with van der Waals surface area (Å²) >= 11 is 0. The van der Waals surface area contributed by atoms with Gasteiger partial charge in [-0.15, -0.1) is 0 Å². The highest BCUT2D eigenvalue weighted by Gasteiger charge is 2.01. The van der Waals surface area contributed by atoms with E-state index in [0.29, 0.717) is 12.2 Å². The predicted molar refractivity (Wildman–Crippen MR) is 90.2 cm³/mol. The third kappa shape index (κ3) is 6.97. The van der Waals surface area contributed by atoms with E-state index in [1.807, 2.05) is 31.2 Å². The molecule has 6 heteroatoms. The first-order valence-electron chi connectivity index (χ1n) is 7.65. The number of methoxy groups -OCH3 is 1. The summed E-state index contributed by atoms with van der Waals surface area (Å²) in [6.07, 6.45) is 1.81. The van der Waals surface area contributed by atoms with Gasteiger partial charge in [-0.05, 0) is 31.0 Å². The highest BCUT2D eigenvalue weighted by Crippen LogP contribution is 2.10. The zero-order chi connectivity index (χ0) is 16.2. The Morgan fingerprint density at radius 3 is 2.50 bits per heavy atom. The summed E-state index contributed by atoms with van der Waals surface area (Å²) in [4.78, 5) is 15.7. The molecule has 0 aliphatic rings. The average Bonchev–Trinajstić information content (AvgIpc) is 2.54. The molecule has 1 aromatic rings. The van der Waals surface area contributed by atoms with Crippen LogP contribution in [0.1, 0.15) is 32.3 Å². The van der Waals surface area contributed by atoms with E-state index in [-0.39, 0.29) is 0 Å². The van der Waals surface area contributed by atoms with Crippen LogP contribution in [0.3, 0.4) is 0 Å². The molecule has 1 rings (SSSR count). The molecule has 122 valence electrons. The van der Waals surface area contributed by atoms with Crippen molar-refractivity contribution in [1.29, 1.82) is 0 Å². The van der Waals surface area contributed by atoms with Gasteiger partial charge in [0.05, 0.1) is 13.7 Å². The first-order chi connectivity index (χ1) is 10.7. The molecule has 0 fully saturated rings. The molecule has 0 heterocycles. The molecule has 0 unspecified atom stereocenters. The minimum absolute atomic E-state index is 0.472. The van der Waals surface area contributed by atoms with Gasteiger partial charge in [-0.25, -0.2) is 9.79 Å². The maximum Gasteiger partial charge on any atom is 0.411 e. The van der Waals surface area contributed by atoms with Crippen molar-refractivity contribution in [3.8, 4) is 0 Å². The van der Waals surface area contributed by atoms with E-state index in [2.05, 4.69) is 32.6 Å². The van der Waals surface area contributed by atoms with Gasteiger partial charge in [0.1, 0.15) is 0 Å². The molecule has 0 aliphatic heterocycles. The number of carbonyl (C=O) groups is 1. The quantitative estimate of drug-likeness (QED) is 0.411. The molecular weight excluding hydrogens is 280 g/mol. The normalized spacial score (nSPS) is 11.0. The first-order valence-corrected chi connectivity index (χ1v) is 7.65. The second-order valence-electron chi connectivity index (χ2n) is 4.79. The van der Waals surface area contributed by atoms with Crippen molar-refractivity contribution in [2.45, 2.75) is 33.2 Å². The van der Waals surface area contributed by atoms with Gasteiger partial charge < -0.3 is 15.4 Å². The van der Waals surface area contributed by atoms with Crippen molar-refractivity contribution >= 4 is 17.7 Å². The van der Waals surface area contributed by atoms with Crippen LogP contribution in [0.2, 0.25) is 0 Å². The summed E-state index contributed by atoms with van der Waals surface area (Å²) < 4.78 is 4.55. The van der Waals surface area contributed by atoms with Gasteiger partial charge in [0, 0.05) is 18.8 Å². The molecule has 6 nitrogen and oxygen atoms in total. The molecule has 3 N–H and O–H groups in total. The Bertz CT molecular complexity index is 472. The fourth-order valence-electron chi connectivity index (χ4n) is 1.76. The van der Waals surface area contributed by atoms with E-state index >= 15 is 0 Å². The number of guanidine groups is 1. The molecule has 0 saturated carbocycles. The van der Waals surface area contributed by atoms with Crippen LogP contribution in [-0.2, 0) is 11.3 Å². The van der Waals surface area contributed by atoms with Gasteiger partial charge in [-0.1, -0.05) is 25.5 Å². The molecule has 1 amide bonds. The molecule has 0 aromatic heterocycles. The number of unbranched alkanes of at least 4 members (excludes halogenated alkanes) is 1. The molecule has 0 bridgehead atoms. The van der Waals surface area contributed by atoms with Crippen LogP contribution in [0.4, 0.5) is 10.5 Å². The second-order valence-corrected chi connectivity index (χ2v) is 4.79. The maximum atomic E-state index is 11.1. The van der Waals surface area contributed by atoms with Crippen molar-refractivity contribution in [1.82, 2.24) is 10.6 Å². The Morgan fingerprint density at radius 2 is 1.91 bits per heavy atom. The minimum Gasteiger partial charge on any atom is -0.453 e. The van der Waals surface area contributed by atoms with Gasteiger partial charge in [-0.2, -0.15) is 0 Å². The number of aliphatic imine (C=N–C) groups is 1. The maximum absolute atomic E-state index is 11.1. The topological polar surface area (TPSA) is 74.8 Å². The standard InChI is InChI=1S/C16H26N4O2/c1-4-6-11-18-15(17-5-2)19-12-13-7-9-14(10-8-13)20-16(21)22-3/h7-10H,4-6,11-12H2,1-3H3,(H,20,21)(H2,17,18,19). The predicted octanol–water partition coefficient (Wildman–Crippen LogP) is 2.72. The molecular formula is C16H26N4O2. The number of carbonyl (C=O) groups excluding carboxylic acids is 1.